The lowest BCUT2D eigenvalue weighted by Gasteiger charge is -2.29. The van der Waals surface area contributed by atoms with Gasteiger partial charge in [-0.05, 0) is 31.0 Å². The van der Waals surface area contributed by atoms with Gasteiger partial charge in [-0.15, -0.1) is 12.4 Å². The van der Waals surface area contributed by atoms with Crippen LogP contribution in [-0.4, -0.2) is 31.9 Å². The van der Waals surface area contributed by atoms with E-state index in [2.05, 4.69) is 15.9 Å². The number of piperidine rings is 1. The van der Waals surface area contributed by atoms with Gasteiger partial charge in [0.25, 0.3) is 0 Å². The van der Waals surface area contributed by atoms with Gasteiger partial charge in [0.1, 0.15) is 10.7 Å². The molecule has 1 aliphatic heterocycles. The van der Waals surface area contributed by atoms with E-state index in [0.29, 0.717) is 17.4 Å². The Kier molecular flexibility index (Phi) is 5.76. The Morgan fingerprint density at radius 3 is 2.68 bits per heavy atom. The molecule has 108 valence electrons. The van der Waals surface area contributed by atoms with E-state index < -0.39 is 15.8 Å². The van der Waals surface area contributed by atoms with Crippen LogP contribution in [0.2, 0.25) is 0 Å². The van der Waals surface area contributed by atoms with Crippen LogP contribution in [0.1, 0.15) is 12.8 Å². The molecule has 1 fully saturated rings. The lowest BCUT2D eigenvalue weighted by Crippen LogP contribution is -2.45. The predicted molar refractivity (Wildman–Crippen MR) is 77.3 cm³/mol. The summed E-state index contributed by atoms with van der Waals surface area (Å²) >= 11 is 3.10. The molecule has 1 aromatic rings. The topological polar surface area (TPSA) is 63.4 Å². The van der Waals surface area contributed by atoms with Crippen LogP contribution in [0.25, 0.3) is 0 Å². The number of sulfonamides is 1. The lowest BCUT2D eigenvalue weighted by atomic mass is 10.1. The molecule has 1 aliphatic rings. The fourth-order valence-corrected chi connectivity index (χ4v) is 3.93. The van der Waals surface area contributed by atoms with E-state index in [9.17, 15) is 12.8 Å². The van der Waals surface area contributed by atoms with Crippen LogP contribution in [0, 0.1) is 5.82 Å². The Morgan fingerprint density at radius 1 is 1.42 bits per heavy atom. The second-order valence-corrected chi connectivity index (χ2v) is 7.16. The van der Waals surface area contributed by atoms with Gasteiger partial charge >= 0.3 is 0 Å². The molecule has 0 saturated carbocycles. The van der Waals surface area contributed by atoms with Crippen LogP contribution >= 0.6 is 28.3 Å². The summed E-state index contributed by atoms with van der Waals surface area (Å²) in [5, 5.41) is 0. The molecule has 19 heavy (non-hydrogen) atoms. The first kappa shape index (κ1) is 16.8. The second-order valence-electron chi connectivity index (χ2n) is 4.34. The van der Waals surface area contributed by atoms with Crippen LogP contribution in [0.15, 0.2) is 27.6 Å². The molecule has 1 aromatic carbocycles. The van der Waals surface area contributed by atoms with Crippen molar-refractivity contribution in [2.75, 3.05) is 13.1 Å². The van der Waals surface area contributed by atoms with Crippen molar-refractivity contribution in [3.63, 3.8) is 0 Å². The van der Waals surface area contributed by atoms with E-state index in [-0.39, 0.29) is 29.9 Å². The molecule has 2 rings (SSSR count). The lowest BCUT2D eigenvalue weighted by molar-refractivity contribution is 0.315. The maximum atomic E-state index is 13.7. The molecule has 0 unspecified atom stereocenters. The highest BCUT2D eigenvalue weighted by atomic mass is 79.9. The van der Waals surface area contributed by atoms with Crippen molar-refractivity contribution in [2.45, 2.75) is 23.8 Å². The first-order valence-electron chi connectivity index (χ1n) is 5.62. The third kappa shape index (κ3) is 3.66. The Labute approximate surface area is 126 Å². The van der Waals surface area contributed by atoms with Crippen LogP contribution in [0.3, 0.4) is 0 Å². The predicted octanol–water partition coefficient (Wildman–Crippen LogP) is 2.12. The van der Waals surface area contributed by atoms with Crippen LogP contribution < -0.4 is 5.73 Å². The summed E-state index contributed by atoms with van der Waals surface area (Å²) in [6.45, 7) is 0.642. The van der Waals surface area contributed by atoms with Crippen LogP contribution in [0.4, 0.5) is 4.39 Å². The van der Waals surface area contributed by atoms with E-state index >= 15 is 0 Å². The van der Waals surface area contributed by atoms with Gasteiger partial charge in [0.2, 0.25) is 10.0 Å². The molecule has 0 bridgehead atoms. The second kappa shape index (κ2) is 6.49. The third-order valence-electron chi connectivity index (χ3n) is 2.93. The normalized spacial score (nSPS) is 20.9. The van der Waals surface area contributed by atoms with E-state index in [4.69, 9.17) is 5.73 Å². The molecule has 1 heterocycles. The molecule has 4 nitrogen and oxygen atoms in total. The highest BCUT2D eigenvalue weighted by Gasteiger charge is 2.30. The Morgan fingerprint density at radius 2 is 2.11 bits per heavy atom. The van der Waals surface area contributed by atoms with Gasteiger partial charge in [0.05, 0.1) is 0 Å². The molecule has 0 spiro atoms. The van der Waals surface area contributed by atoms with Gasteiger partial charge in [-0.2, -0.15) is 4.31 Å². The maximum Gasteiger partial charge on any atom is 0.246 e. The minimum Gasteiger partial charge on any atom is -0.327 e. The quantitative estimate of drug-likeness (QED) is 0.864. The zero-order chi connectivity index (χ0) is 13.3. The largest absolute Gasteiger partial charge is 0.327 e. The van der Waals surface area contributed by atoms with Gasteiger partial charge < -0.3 is 5.73 Å². The average molecular weight is 374 g/mol. The first-order chi connectivity index (χ1) is 8.41. The number of nitrogens with two attached hydrogens (primary N) is 1. The fourth-order valence-electron chi connectivity index (χ4n) is 2.02. The number of hydrogen-bond donors (Lipinski definition) is 1. The fraction of sp³-hybridized carbons (Fsp3) is 0.455. The average Bonchev–Trinajstić information content (AvgIpc) is 2.28. The van der Waals surface area contributed by atoms with E-state index in [1.807, 2.05) is 0 Å². The Hall–Kier alpha value is -0.210. The van der Waals surface area contributed by atoms with Gasteiger partial charge in [0.15, 0.2) is 0 Å². The molecule has 8 heteroatoms. The highest BCUT2D eigenvalue weighted by Crippen LogP contribution is 2.24. The molecular weight excluding hydrogens is 359 g/mol. The minimum absolute atomic E-state index is 0. The van der Waals surface area contributed by atoms with E-state index in [1.54, 1.807) is 0 Å². The van der Waals surface area contributed by atoms with Crippen molar-refractivity contribution >= 4 is 38.4 Å². The maximum absolute atomic E-state index is 13.7. The van der Waals surface area contributed by atoms with Crippen molar-refractivity contribution in [1.82, 2.24) is 4.31 Å². The van der Waals surface area contributed by atoms with Crippen molar-refractivity contribution in [2.24, 2.45) is 5.73 Å². The summed E-state index contributed by atoms with van der Waals surface area (Å²) in [4.78, 5) is -0.292. The third-order valence-corrected chi connectivity index (χ3v) is 5.32. The van der Waals surface area contributed by atoms with Crippen molar-refractivity contribution < 1.29 is 12.8 Å². The summed E-state index contributed by atoms with van der Waals surface area (Å²) in [5.41, 5.74) is 5.75. The summed E-state index contributed by atoms with van der Waals surface area (Å²) in [5.74, 6) is -0.747. The number of benzene rings is 1. The molecular formula is C11H15BrClFN2O2S. The smallest absolute Gasteiger partial charge is 0.246 e. The molecule has 2 N–H and O–H groups in total. The highest BCUT2D eigenvalue weighted by molar-refractivity contribution is 9.10. The van der Waals surface area contributed by atoms with E-state index in [1.165, 1.54) is 16.4 Å². The zero-order valence-corrected chi connectivity index (χ0v) is 13.3. The number of hydrogen-bond acceptors (Lipinski definition) is 3. The Balaban J connectivity index is 0.00000180. The monoisotopic (exact) mass is 372 g/mol. The summed E-state index contributed by atoms with van der Waals surface area (Å²) in [6, 6.07) is 3.76. The Bertz CT molecular complexity index is 556. The molecule has 1 saturated heterocycles. The number of rotatable bonds is 2. The number of halogens is 3. The molecule has 1 atom stereocenters. The minimum atomic E-state index is -3.78. The molecule has 0 amide bonds. The summed E-state index contributed by atoms with van der Waals surface area (Å²) in [6.07, 6.45) is 1.51. The standard InChI is InChI=1S/C11H14BrFN2O2S.ClH/c12-8-3-4-11(10(13)6-8)18(16,17)15-5-1-2-9(14)7-15;/h3-4,6,9H,1-2,5,7,14H2;1H/t9-;/m1./s1. The molecule has 0 aliphatic carbocycles. The number of nitrogens with zero attached hydrogens (tertiary/aromatic N) is 1. The molecule has 0 aromatic heterocycles. The zero-order valence-electron chi connectivity index (χ0n) is 10.1. The van der Waals surface area contributed by atoms with Crippen molar-refractivity contribution in [3.05, 3.63) is 28.5 Å². The van der Waals surface area contributed by atoms with Crippen molar-refractivity contribution in [3.8, 4) is 0 Å². The van der Waals surface area contributed by atoms with Gasteiger partial charge in [0, 0.05) is 23.6 Å². The summed E-state index contributed by atoms with van der Waals surface area (Å²) < 4.78 is 40.1. The van der Waals surface area contributed by atoms with Crippen LogP contribution in [0.5, 0.6) is 0 Å². The van der Waals surface area contributed by atoms with Crippen molar-refractivity contribution in [1.29, 1.82) is 0 Å². The SMILES string of the molecule is Cl.N[C@@H]1CCCN(S(=O)(=O)c2ccc(Br)cc2F)C1. The van der Waals surface area contributed by atoms with Gasteiger partial charge in [-0.3, -0.25) is 0 Å². The summed E-state index contributed by atoms with van der Waals surface area (Å²) in [7, 11) is -3.78. The van der Waals surface area contributed by atoms with E-state index in [0.717, 1.165) is 12.5 Å². The van der Waals surface area contributed by atoms with Crippen LogP contribution in [-0.2, 0) is 10.0 Å². The van der Waals surface area contributed by atoms with Gasteiger partial charge in [-0.25, -0.2) is 12.8 Å². The van der Waals surface area contributed by atoms with Gasteiger partial charge in [-0.1, -0.05) is 15.9 Å². The first-order valence-corrected chi connectivity index (χ1v) is 7.85. The molecule has 0 radical (unpaired) electrons.